The minimum atomic E-state index is -4.66. The predicted molar refractivity (Wildman–Crippen MR) is 95.8 cm³/mol. The van der Waals surface area contributed by atoms with E-state index < -0.39 is 28.9 Å². The first-order valence-corrected chi connectivity index (χ1v) is 9.32. The molecule has 3 fully saturated rings. The van der Waals surface area contributed by atoms with Gasteiger partial charge in [-0.25, -0.2) is 0 Å². The van der Waals surface area contributed by atoms with E-state index >= 15 is 0 Å². The number of carboxylic acid groups (broad SMARTS) is 1. The molecule has 0 amide bonds. The maximum atomic E-state index is 13.2. The van der Waals surface area contributed by atoms with Crippen molar-refractivity contribution in [2.75, 3.05) is 0 Å². The van der Waals surface area contributed by atoms with Gasteiger partial charge in [0, 0.05) is 17.5 Å². The average molecular weight is 394 g/mol. The smallest absolute Gasteiger partial charge is 0.420 e. The van der Waals surface area contributed by atoms with Crippen molar-refractivity contribution in [1.82, 2.24) is 10.3 Å². The SMILES string of the molecule is O=C(O)C12CCC(NCc3ccc4c(C(F)(F)F)c(O)ccc4n3)(CC1)CC2. The zero-order valence-electron chi connectivity index (χ0n) is 15.1. The van der Waals surface area contributed by atoms with Crippen LogP contribution in [0.15, 0.2) is 24.3 Å². The van der Waals surface area contributed by atoms with Crippen LogP contribution in [0.3, 0.4) is 0 Å². The molecule has 5 rings (SSSR count). The number of phenolic OH excluding ortho intramolecular Hbond substituents is 1. The normalized spacial score (nSPS) is 27.2. The van der Waals surface area contributed by atoms with Crippen LogP contribution in [0, 0.1) is 5.41 Å². The largest absolute Gasteiger partial charge is 0.507 e. The molecule has 0 atom stereocenters. The lowest BCUT2D eigenvalue weighted by atomic mass is 9.57. The first-order valence-electron chi connectivity index (χ1n) is 9.32. The van der Waals surface area contributed by atoms with E-state index in [-0.39, 0.29) is 16.4 Å². The number of alkyl halides is 3. The Hall–Kier alpha value is -2.35. The summed E-state index contributed by atoms with van der Waals surface area (Å²) in [5, 5.41) is 22.5. The van der Waals surface area contributed by atoms with Crippen LogP contribution < -0.4 is 5.32 Å². The number of hydrogen-bond donors (Lipinski definition) is 3. The first-order chi connectivity index (χ1) is 13.1. The third kappa shape index (κ3) is 3.09. The molecular formula is C20H21F3N2O3. The summed E-state index contributed by atoms with van der Waals surface area (Å²) in [6.07, 6.45) is -0.389. The van der Waals surface area contributed by atoms with Crippen LogP contribution in [-0.2, 0) is 17.5 Å². The molecule has 1 aromatic heterocycles. The molecule has 0 unspecified atom stereocenters. The Morgan fingerprint density at radius 1 is 1.07 bits per heavy atom. The van der Waals surface area contributed by atoms with E-state index in [0.717, 1.165) is 25.3 Å². The molecular weight excluding hydrogens is 373 g/mol. The van der Waals surface area contributed by atoms with E-state index in [9.17, 15) is 28.2 Å². The fraction of sp³-hybridized carbons (Fsp3) is 0.500. The number of aromatic nitrogens is 1. The number of fused-ring (bicyclic) bond motifs is 4. The van der Waals surface area contributed by atoms with Crippen LogP contribution in [-0.4, -0.2) is 26.7 Å². The zero-order chi connectivity index (χ0) is 20.2. The Morgan fingerprint density at radius 2 is 1.71 bits per heavy atom. The van der Waals surface area contributed by atoms with E-state index in [1.165, 1.54) is 18.2 Å². The topological polar surface area (TPSA) is 82.5 Å². The number of phenols is 1. The van der Waals surface area contributed by atoms with Gasteiger partial charge in [0.2, 0.25) is 0 Å². The van der Waals surface area contributed by atoms with Crippen molar-refractivity contribution in [1.29, 1.82) is 0 Å². The van der Waals surface area contributed by atoms with Crippen LogP contribution in [0.1, 0.15) is 49.8 Å². The van der Waals surface area contributed by atoms with Gasteiger partial charge >= 0.3 is 12.1 Å². The number of benzene rings is 1. The molecule has 0 aliphatic heterocycles. The molecule has 3 N–H and O–H groups in total. The van der Waals surface area contributed by atoms with E-state index in [1.54, 1.807) is 0 Å². The first kappa shape index (κ1) is 19.0. The second kappa shape index (κ2) is 6.34. The van der Waals surface area contributed by atoms with Gasteiger partial charge in [-0.05, 0) is 56.7 Å². The molecule has 28 heavy (non-hydrogen) atoms. The van der Waals surface area contributed by atoms with Crippen LogP contribution in [0.5, 0.6) is 5.75 Å². The monoisotopic (exact) mass is 394 g/mol. The molecule has 1 heterocycles. The van der Waals surface area contributed by atoms with Gasteiger partial charge in [0.05, 0.1) is 16.6 Å². The number of pyridine rings is 1. The number of rotatable bonds is 4. The molecule has 0 radical (unpaired) electrons. The number of aliphatic carboxylic acids is 1. The summed E-state index contributed by atoms with van der Waals surface area (Å²) in [4.78, 5) is 15.9. The quantitative estimate of drug-likeness (QED) is 0.723. The lowest BCUT2D eigenvalue weighted by Gasteiger charge is -2.51. The number of carbonyl (C=O) groups is 1. The van der Waals surface area contributed by atoms with Crippen molar-refractivity contribution in [3.05, 3.63) is 35.5 Å². The number of nitrogens with zero attached hydrogens (tertiary/aromatic N) is 1. The predicted octanol–water partition coefficient (Wildman–Crippen LogP) is 4.23. The van der Waals surface area contributed by atoms with Crippen molar-refractivity contribution in [3.8, 4) is 5.75 Å². The Balaban J connectivity index is 1.52. The van der Waals surface area contributed by atoms with Gasteiger partial charge in [-0.2, -0.15) is 13.2 Å². The van der Waals surface area contributed by atoms with Gasteiger partial charge in [-0.3, -0.25) is 9.78 Å². The number of nitrogens with one attached hydrogen (secondary N) is 1. The van der Waals surface area contributed by atoms with Crippen LogP contribution in [0.2, 0.25) is 0 Å². The van der Waals surface area contributed by atoms with Crippen LogP contribution in [0.4, 0.5) is 13.2 Å². The maximum absolute atomic E-state index is 13.2. The van der Waals surface area contributed by atoms with Crippen LogP contribution >= 0.6 is 0 Å². The second-order valence-corrected chi connectivity index (χ2v) is 8.05. The summed E-state index contributed by atoms with van der Waals surface area (Å²) in [6.45, 7) is 0.401. The minimum absolute atomic E-state index is 0.125. The molecule has 1 aromatic carbocycles. The van der Waals surface area contributed by atoms with Gasteiger partial charge in [0.25, 0.3) is 0 Å². The summed E-state index contributed by atoms with van der Waals surface area (Å²) in [5.74, 6) is -1.52. The van der Waals surface area contributed by atoms with Gasteiger partial charge < -0.3 is 15.5 Å². The van der Waals surface area contributed by atoms with Crippen molar-refractivity contribution >= 4 is 16.9 Å². The van der Waals surface area contributed by atoms with E-state index in [0.29, 0.717) is 31.5 Å². The number of halogens is 3. The minimum Gasteiger partial charge on any atom is -0.507 e. The van der Waals surface area contributed by atoms with Crippen LogP contribution in [0.25, 0.3) is 10.9 Å². The van der Waals surface area contributed by atoms with Gasteiger partial charge in [0.15, 0.2) is 0 Å². The van der Waals surface area contributed by atoms with Gasteiger partial charge in [0.1, 0.15) is 11.3 Å². The summed E-state index contributed by atoms with van der Waals surface area (Å²) < 4.78 is 39.7. The molecule has 0 saturated heterocycles. The zero-order valence-corrected chi connectivity index (χ0v) is 15.1. The lowest BCUT2D eigenvalue weighted by Crippen LogP contribution is -2.56. The standard InChI is InChI=1S/C20H21F3N2O3/c21-20(22,23)16-13-2-1-12(25-14(13)3-4-15(16)26)11-24-19-8-5-18(6-9-19,7-10-19)17(27)28/h1-4,24,26H,5-11H2,(H,27,28). The fourth-order valence-corrected chi connectivity index (χ4v) is 4.68. The Bertz CT molecular complexity index is 918. The lowest BCUT2D eigenvalue weighted by molar-refractivity contribution is -0.156. The molecule has 2 aromatic rings. The summed E-state index contributed by atoms with van der Waals surface area (Å²) in [7, 11) is 0. The highest BCUT2D eigenvalue weighted by Gasteiger charge is 2.52. The molecule has 3 aliphatic rings. The highest BCUT2D eigenvalue weighted by atomic mass is 19.4. The molecule has 5 nitrogen and oxygen atoms in total. The molecule has 150 valence electrons. The number of hydrogen-bond acceptors (Lipinski definition) is 4. The molecule has 0 spiro atoms. The number of carboxylic acids is 1. The highest BCUT2D eigenvalue weighted by molar-refractivity contribution is 5.85. The highest BCUT2D eigenvalue weighted by Crippen LogP contribution is 2.52. The Morgan fingerprint density at radius 3 is 2.29 bits per heavy atom. The van der Waals surface area contributed by atoms with Gasteiger partial charge in [-0.1, -0.05) is 6.07 Å². The van der Waals surface area contributed by atoms with Crippen molar-refractivity contribution in [2.24, 2.45) is 5.41 Å². The third-order valence-electron chi connectivity index (χ3n) is 6.53. The fourth-order valence-electron chi connectivity index (χ4n) is 4.68. The van der Waals surface area contributed by atoms with E-state index in [4.69, 9.17) is 0 Å². The van der Waals surface area contributed by atoms with Gasteiger partial charge in [-0.15, -0.1) is 0 Å². The second-order valence-electron chi connectivity index (χ2n) is 8.05. The molecule has 3 aliphatic carbocycles. The summed E-state index contributed by atoms with van der Waals surface area (Å²) >= 11 is 0. The Labute approximate surface area is 159 Å². The van der Waals surface area contributed by atoms with Crippen molar-refractivity contribution < 1.29 is 28.2 Å². The van der Waals surface area contributed by atoms with Crippen molar-refractivity contribution in [2.45, 2.75) is 56.8 Å². The number of aromatic hydroxyl groups is 1. The summed E-state index contributed by atoms with van der Waals surface area (Å²) in [5.41, 5.74) is -0.985. The van der Waals surface area contributed by atoms with Crippen molar-refractivity contribution in [3.63, 3.8) is 0 Å². The molecule has 8 heteroatoms. The molecule has 3 saturated carbocycles. The summed E-state index contributed by atoms with van der Waals surface area (Å²) in [6, 6.07) is 5.27. The Kier molecular flexibility index (Phi) is 4.30. The third-order valence-corrected chi connectivity index (χ3v) is 6.53. The molecule has 2 bridgehead atoms. The maximum Gasteiger partial charge on any atom is 0.420 e. The van der Waals surface area contributed by atoms with E-state index in [1.807, 2.05) is 0 Å². The average Bonchev–Trinajstić information content (AvgIpc) is 2.66. The van der Waals surface area contributed by atoms with E-state index in [2.05, 4.69) is 10.3 Å².